The zero-order valence-corrected chi connectivity index (χ0v) is 14.9. The number of urea groups is 1. The number of benzene rings is 1. The van der Waals surface area contributed by atoms with Crippen LogP contribution in [-0.2, 0) is 11.3 Å². The first kappa shape index (κ1) is 17.6. The fraction of sp³-hybridized carbons (Fsp3) is 0.611. The number of carbonyl (C=O) groups excluding carboxylic acids is 1. The summed E-state index contributed by atoms with van der Waals surface area (Å²) in [5.74, 6) is 2.34. The molecular formula is C18H27N3O2S. The number of carbonyl (C=O) groups is 1. The van der Waals surface area contributed by atoms with Gasteiger partial charge in [-0.2, -0.15) is 11.8 Å². The number of rotatable bonds is 5. The Kier molecular flexibility index (Phi) is 6.40. The molecule has 24 heavy (non-hydrogen) atoms. The third kappa shape index (κ3) is 4.65. The lowest BCUT2D eigenvalue weighted by molar-refractivity contribution is -0.0250. The van der Waals surface area contributed by atoms with Gasteiger partial charge in [-0.1, -0.05) is 30.3 Å². The maximum absolute atomic E-state index is 12.2. The fourth-order valence-electron chi connectivity index (χ4n) is 3.48. The van der Waals surface area contributed by atoms with Crippen LogP contribution in [0.3, 0.4) is 0 Å². The molecule has 0 aromatic heterocycles. The Morgan fingerprint density at radius 1 is 1.12 bits per heavy atom. The average molecular weight is 350 g/mol. The van der Waals surface area contributed by atoms with E-state index in [0.717, 1.165) is 44.7 Å². The summed E-state index contributed by atoms with van der Waals surface area (Å²) in [5, 5.41) is 6.08. The molecule has 132 valence electrons. The Morgan fingerprint density at radius 2 is 1.83 bits per heavy atom. The van der Waals surface area contributed by atoms with E-state index in [4.69, 9.17) is 4.74 Å². The minimum absolute atomic E-state index is 0.0790. The van der Waals surface area contributed by atoms with E-state index in [1.807, 2.05) is 42.1 Å². The number of amides is 2. The molecule has 2 amide bonds. The molecule has 2 aliphatic heterocycles. The fourth-order valence-corrected chi connectivity index (χ4v) is 4.73. The first-order valence-corrected chi connectivity index (χ1v) is 9.90. The number of nitrogens with zero attached hydrogens (tertiary/aromatic N) is 1. The summed E-state index contributed by atoms with van der Waals surface area (Å²) < 4.78 is 5.50. The molecular weight excluding hydrogens is 322 g/mol. The van der Waals surface area contributed by atoms with Gasteiger partial charge in [0.1, 0.15) is 0 Å². The molecule has 5 nitrogen and oxygen atoms in total. The van der Waals surface area contributed by atoms with Gasteiger partial charge in [0.15, 0.2) is 0 Å². The third-order valence-electron chi connectivity index (χ3n) is 4.98. The van der Waals surface area contributed by atoms with Crippen LogP contribution in [0.15, 0.2) is 30.3 Å². The molecule has 2 N–H and O–H groups in total. The number of thioether (sulfide) groups is 1. The van der Waals surface area contributed by atoms with Crippen molar-refractivity contribution in [2.45, 2.75) is 24.9 Å². The highest BCUT2D eigenvalue weighted by Gasteiger charge is 2.39. The number of hydrogen-bond donors (Lipinski definition) is 2. The van der Waals surface area contributed by atoms with Gasteiger partial charge in [0.2, 0.25) is 0 Å². The minimum atomic E-state index is -0.0790. The Morgan fingerprint density at radius 3 is 2.54 bits per heavy atom. The van der Waals surface area contributed by atoms with E-state index in [1.54, 1.807) is 0 Å². The highest BCUT2D eigenvalue weighted by molar-refractivity contribution is 7.99. The Labute approximate surface area is 148 Å². The Bertz CT molecular complexity index is 514. The summed E-state index contributed by atoms with van der Waals surface area (Å²) in [5.41, 5.74) is 1.21. The molecule has 2 heterocycles. The van der Waals surface area contributed by atoms with Crippen molar-refractivity contribution < 1.29 is 9.53 Å². The number of morpholine rings is 1. The number of hydrogen-bond acceptors (Lipinski definition) is 4. The van der Waals surface area contributed by atoms with Gasteiger partial charge in [0.25, 0.3) is 0 Å². The van der Waals surface area contributed by atoms with Gasteiger partial charge in [-0.3, -0.25) is 4.90 Å². The van der Waals surface area contributed by atoms with E-state index in [-0.39, 0.29) is 11.6 Å². The molecule has 3 rings (SSSR count). The number of nitrogens with one attached hydrogen (secondary N) is 2. The lowest BCUT2D eigenvalue weighted by Gasteiger charge is -2.48. The van der Waals surface area contributed by atoms with Crippen molar-refractivity contribution >= 4 is 17.8 Å². The van der Waals surface area contributed by atoms with Crippen LogP contribution < -0.4 is 10.6 Å². The molecule has 6 heteroatoms. The second-order valence-corrected chi connectivity index (χ2v) is 7.68. The zero-order chi connectivity index (χ0) is 16.7. The molecule has 1 aromatic rings. The van der Waals surface area contributed by atoms with E-state index in [2.05, 4.69) is 15.5 Å². The van der Waals surface area contributed by atoms with E-state index in [9.17, 15) is 4.79 Å². The van der Waals surface area contributed by atoms with E-state index >= 15 is 0 Å². The van der Waals surface area contributed by atoms with Gasteiger partial charge in [0.05, 0.1) is 13.2 Å². The molecule has 0 unspecified atom stereocenters. The first-order chi connectivity index (χ1) is 11.8. The Hall–Kier alpha value is -1.24. The van der Waals surface area contributed by atoms with Gasteiger partial charge in [-0.15, -0.1) is 0 Å². The van der Waals surface area contributed by atoms with Crippen LogP contribution in [0.5, 0.6) is 0 Å². The summed E-state index contributed by atoms with van der Waals surface area (Å²) in [6.07, 6.45) is 2.27. The van der Waals surface area contributed by atoms with Crippen LogP contribution in [-0.4, -0.2) is 60.8 Å². The molecule has 2 saturated heterocycles. The van der Waals surface area contributed by atoms with E-state index in [1.165, 1.54) is 11.5 Å². The summed E-state index contributed by atoms with van der Waals surface area (Å²) in [4.78, 5) is 14.7. The summed E-state index contributed by atoms with van der Waals surface area (Å²) in [7, 11) is 0. The highest BCUT2D eigenvalue weighted by Crippen LogP contribution is 2.32. The van der Waals surface area contributed by atoms with Crippen molar-refractivity contribution in [3.05, 3.63) is 35.9 Å². The molecule has 0 radical (unpaired) electrons. The minimum Gasteiger partial charge on any atom is -0.379 e. The summed E-state index contributed by atoms with van der Waals surface area (Å²) in [6, 6.07) is 9.92. The molecule has 0 bridgehead atoms. The normalized spacial score (nSPS) is 21.2. The smallest absolute Gasteiger partial charge is 0.315 e. The second kappa shape index (κ2) is 8.74. The number of ether oxygens (including phenoxy) is 1. The predicted octanol–water partition coefficient (Wildman–Crippen LogP) is 2.08. The zero-order valence-electron chi connectivity index (χ0n) is 14.1. The molecule has 0 atom stereocenters. The van der Waals surface area contributed by atoms with Gasteiger partial charge in [0, 0.05) is 31.7 Å². The van der Waals surface area contributed by atoms with Crippen molar-refractivity contribution in [3.8, 4) is 0 Å². The second-order valence-electron chi connectivity index (χ2n) is 6.46. The summed E-state index contributed by atoms with van der Waals surface area (Å²) in [6.45, 7) is 4.82. The quantitative estimate of drug-likeness (QED) is 0.855. The topological polar surface area (TPSA) is 53.6 Å². The predicted molar refractivity (Wildman–Crippen MR) is 98.4 cm³/mol. The van der Waals surface area contributed by atoms with Gasteiger partial charge in [-0.05, 0) is 29.9 Å². The molecule has 1 aromatic carbocycles. The van der Waals surface area contributed by atoms with E-state index < -0.39 is 0 Å². The molecule has 0 aliphatic carbocycles. The van der Waals surface area contributed by atoms with Crippen LogP contribution in [0.2, 0.25) is 0 Å². The van der Waals surface area contributed by atoms with Crippen molar-refractivity contribution in [1.82, 2.24) is 15.5 Å². The molecule has 2 aliphatic rings. The monoisotopic (exact) mass is 349 g/mol. The highest BCUT2D eigenvalue weighted by atomic mass is 32.2. The maximum atomic E-state index is 12.2. The molecule has 0 spiro atoms. The third-order valence-corrected chi connectivity index (χ3v) is 5.96. The SMILES string of the molecule is O=C(NCc1ccccc1)NCC1(N2CCOCC2)CCSCC1. The van der Waals surface area contributed by atoms with Crippen LogP contribution >= 0.6 is 11.8 Å². The first-order valence-electron chi connectivity index (χ1n) is 8.75. The van der Waals surface area contributed by atoms with Gasteiger partial charge >= 0.3 is 6.03 Å². The summed E-state index contributed by atoms with van der Waals surface area (Å²) >= 11 is 2.02. The van der Waals surface area contributed by atoms with Crippen LogP contribution in [0.1, 0.15) is 18.4 Å². The maximum Gasteiger partial charge on any atom is 0.315 e. The standard InChI is InChI=1S/C18H27N3O2S/c22-17(19-14-16-4-2-1-3-5-16)20-15-18(6-12-24-13-7-18)21-8-10-23-11-9-21/h1-5H,6-15H2,(H2,19,20,22). The lowest BCUT2D eigenvalue weighted by atomic mass is 9.89. The van der Waals surface area contributed by atoms with Crippen molar-refractivity contribution in [1.29, 1.82) is 0 Å². The van der Waals surface area contributed by atoms with Crippen molar-refractivity contribution in [2.75, 3.05) is 44.4 Å². The van der Waals surface area contributed by atoms with Crippen molar-refractivity contribution in [3.63, 3.8) is 0 Å². The largest absolute Gasteiger partial charge is 0.379 e. The average Bonchev–Trinajstić information content (AvgIpc) is 2.67. The van der Waals surface area contributed by atoms with Crippen LogP contribution in [0.4, 0.5) is 4.79 Å². The lowest BCUT2D eigenvalue weighted by Crippen LogP contribution is -2.61. The van der Waals surface area contributed by atoms with Crippen molar-refractivity contribution in [2.24, 2.45) is 0 Å². The molecule has 2 fully saturated rings. The molecule has 0 saturated carbocycles. The van der Waals surface area contributed by atoms with E-state index in [0.29, 0.717) is 13.1 Å². The van der Waals surface area contributed by atoms with Gasteiger partial charge in [-0.25, -0.2) is 4.79 Å². The van der Waals surface area contributed by atoms with Crippen LogP contribution in [0.25, 0.3) is 0 Å². The van der Waals surface area contributed by atoms with Gasteiger partial charge < -0.3 is 15.4 Å². The van der Waals surface area contributed by atoms with Crippen LogP contribution in [0, 0.1) is 0 Å². The Balaban J connectivity index is 1.52.